The van der Waals surface area contributed by atoms with Gasteiger partial charge >= 0.3 is 0 Å². The van der Waals surface area contributed by atoms with Gasteiger partial charge < -0.3 is 17.0 Å². The van der Waals surface area contributed by atoms with Gasteiger partial charge in [-0.2, -0.15) is 0 Å². The van der Waals surface area contributed by atoms with Crippen molar-refractivity contribution < 1.29 is 26.3 Å². The minimum atomic E-state index is 0. The van der Waals surface area contributed by atoms with Gasteiger partial charge in [0, 0.05) is 15.6 Å². The lowest BCUT2D eigenvalue weighted by molar-refractivity contribution is -0.689. The lowest BCUT2D eigenvalue weighted by Gasteiger charge is -2.01. The molecule has 0 amide bonds. The van der Waals surface area contributed by atoms with Crippen molar-refractivity contribution in [2.45, 2.75) is 25.9 Å². The van der Waals surface area contributed by atoms with Gasteiger partial charge in [-0.05, 0) is 36.8 Å². The molecule has 0 atom stereocenters. The molecule has 3 aromatic rings. The van der Waals surface area contributed by atoms with Gasteiger partial charge in [0.15, 0.2) is 12.2 Å². The summed E-state index contributed by atoms with van der Waals surface area (Å²) in [5.41, 5.74) is 2.80. The monoisotopic (exact) mass is 528 g/mol. The average Bonchev–Trinajstić information content (AvgIpc) is 3.22. The first kappa shape index (κ1) is 20.6. The van der Waals surface area contributed by atoms with Gasteiger partial charge in [-0.1, -0.05) is 51.3 Å². The molecule has 0 unspecified atom stereocenters. The Morgan fingerprint density at radius 1 is 1.11 bits per heavy atom. The zero-order valence-corrected chi connectivity index (χ0v) is 18.9. The van der Waals surface area contributed by atoms with Gasteiger partial charge in [-0.25, -0.2) is 9.13 Å². The number of aromatic nitrogens is 2. The molecule has 0 saturated carbocycles. The highest BCUT2D eigenvalue weighted by Crippen LogP contribution is 2.30. The number of imidazole rings is 1. The summed E-state index contributed by atoms with van der Waals surface area (Å²) in [5, 5.41) is 1.08. The summed E-state index contributed by atoms with van der Waals surface area (Å²) >= 11 is 15.6. The van der Waals surface area contributed by atoms with E-state index >= 15 is 0 Å². The quantitative estimate of drug-likeness (QED) is 0.376. The number of hydrogen-bond donors (Lipinski definition) is 0. The van der Waals surface area contributed by atoms with Crippen LogP contribution in [0, 0.1) is 0 Å². The maximum Gasteiger partial charge on any atom is 0.257 e. The number of carbonyl (C=O) groups is 1. The second-order valence-corrected chi connectivity index (χ2v) is 8.10. The summed E-state index contributed by atoms with van der Waals surface area (Å²) in [6, 6.07) is 13.1. The van der Waals surface area contributed by atoms with E-state index in [-0.39, 0.29) is 22.8 Å². The summed E-state index contributed by atoms with van der Waals surface area (Å²) in [5.74, 6) is 1.28. The second kappa shape index (κ2) is 8.48. The van der Waals surface area contributed by atoms with Crippen LogP contribution in [0.5, 0.6) is 0 Å². The topological polar surface area (TPSA) is 25.9 Å². The van der Waals surface area contributed by atoms with E-state index in [4.69, 9.17) is 23.2 Å². The van der Waals surface area contributed by atoms with Crippen LogP contribution in [0.15, 0.2) is 53.1 Å². The lowest BCUT2D eigenvalue weighted by atomic mass is 10.1. The van der Waals surface area contributed by atoms with Crippen LogP contribution >= 0.6 is 39.1 Å². The number of halogens is 4. The Morgan fingerprint density at radius 3 is 2.56 bits per heavy atom. The first-order chi connectivity index (χ1) is 12.5. The fourth-order valence-corrected chi connectivity index (χ4v) is 3.98. The van der Waals surface area contributed by atoms with Gasteiger partial charge in [0.2, 0.25) is 5.78 Å². The number of benzene rings is 2. The molecule has 4 rings (SSSR count). The van der Waals surface area contributed by atoms with Gasteiger partial charge in [0.1, 0.15) is 6.20 Å². The first-order valence-corrected chi connectivity index (χ1v) is 9.94. The summed E-state index contributed by atoms with van der Waals surface area (Å²) in [6.45, 7) is 1.28. The molecule has 0 aliphatic carbocycles. The Morgan fingerprint density at radius 2 is 1.85 bits per heavy atom. The predicted octanol–water partition coefficient (Wildman–Crippen LogP) is 2.34. The second-order valence-electron chi connectivity index (χ2n) is 6.37. The van der Waals surface area contributed by atoms with Crippen molar-refractivity contribution in [3.8, 4) is 11.3 Å². The molecule has 0 fully saturated rings. The van der Waals surface area contributed by atoms with Crippen molar-refractivity contribution in [2.24, 2.45) is 0 Å². The highest BCUT2D eigenvalue weighted by atomic mass is 79.9. The molecule has 1 aromatic heterocycles. The highest BCUT2D eigenvalue weighted by molar-refractivity contribution is 9.10. The van der Waals surface area contributed by atoms with Crippen molar-refractivity contribution in [2.75, 3.05) is 0 Å². The zero-order chi connectivity index (χ0) is 18.3. The van der Waals surface area contributed by atoms with Crippen LogP contribution in [0.4, 0.5) is 0 Å². The molecule has 0 N–H and O–H groups in total. The average molecular weight is 531 g/mol. The molecule has 0 bridgehead atoms. The minimum absolute atomic E-state index is 0. The van der Waals surface area contributed by atoms with E-state index in [0.29, 0.717) is 16.6 Å². The summed E-state index contributed by atoms with van der Waals surface area (Å²) in [7, 11) is 0. The van der Waals surface area contributed by atoms with Crippen molar-refractivity contribution >= 4 is 44.9 Å². The first-order valence-electron chi connectivity index (χ1n) is 8.39. The standard InChI is InChI=1S/C20H16BrCl2N2O.BrH/c21-15-6-3-13(4-7-15)19(26)12-24-11-18(25-9-1-2-20(24)25)14-5-8-16(22)17(23)10-14;/h3-8,10-11H,1-2,9,12H2;1H/q+1;/p-1. The van der Waals surface area contributed by atoms with Crippen molar-refractivity contribution in [3.63, 3.8) is 0 Å². The molecule has 0 spiro atoms. The van der Waals surface area contributed by atoms with Gasteiger partial charge in [0.25, 0.3) is 5.82 Å². The van der Waals surface area contributed by atoms with Crippen LogP contribution in [-0.4, -0.2) is 10.4 Å². The molecular weight excluding hydrogens is 515 g/mol. The van der Waals surface area contributed by atoms with Crippen LogP contribution < -0.4 is 21.5 Å². The lowest BCUT2D eigenvalue weighted by Crippen LogP contribution is -3.00. The number of nitrogens with zero attached hydrogens (tertiary/aromatic N) is 2. The molecule has 140 valence electrons. The number of hydrogen-bond acceptors (Lipinski definition) is 1. The van der Waals surface area contributed by atoms with E-state index < -0.39 is 0 Å². The van der Waals surface area contributed by atoms with Crippen LogP contribution in [0.3, 0.4) is 0 Å². The molecule has 2 aromatic carbocycles. The molecular formula is C20H16Br2Cl2N2O. The molecule has 27 heavy (non-hydrogen) atoms. The molecule has 2 heterocycles. The molecule has 0 radical (unpaired) electrons. The summed E-state index contributed by atoms with van der Waals surface area (Å²) in [6.07, 6.45) is 4.09. The molecule has 1 aliphatic rings. The normalized spacial score (nSPS) is 12.6. The maximum absolute atomic E-state index is 12.7. The Balaban J connectivity index is 0.00000210. The number of ketones is 1. The third-order valence-electron chi connectivity index (χ3n) is 4.69. The fraction of sp³-hybridized carbons (Fsp3) is 0.200. The minimum Gasteiger partial charge on any atom is -1.00 e. The van der Waals surface area contributed by atoms with E-state index in [2.05, 4.69) is 25.1 Å². The van der Waals surface area contributed by atoms with Crippen LogP contribution in [-0.2, 0) is 19.5 Å². The van der Waals surface area contributed by atoms with E-state index in [1.807, 2.05) is 48.7 Å². The summed E-state index contributed by atoms with van der Waals surface area (Å²) in [4.78, 5) is 12.7. The Kier molecular flexibility index (Phi) is 6.46. The number of fused-ring (bicyclic) bond motifs is 1. The van der Waals surface area contributed by atoms with Crippen molar-refractivity contribution in [3.05, 3.63) is 74.6 Å². The predicted molar refractivity (Wildman–Crippen MR) is 107 cm³/mol. The van der Waals surface area contributed by atoms with E-state index in [0.717, 1.165) is 40.7 Å². The zero-order valence-electron chi connectivity index (χ0n) is 14.3. The molecule has 3 nitrogen and oxygen atoms in total. The van der Waals surface area contributed by atoms with Crippen LogP contribution in [0.1, 0.15) is 22.6 Å². The maximum atomic E-state index is 12.7. The molecule has 1 aliphatic heterocycles. The van der Waals surface area contributed by atoms with Gasteiger partial charge in [0.05, 0.1) is 23.0 Å². The molecule has 0 saturated heterocycles. The van der Waals surface area contributed by atoms with Gasteiger partial charge in [-0.3, -0.25) is 4.79 Å². The number of rotatable bonds is 4. The highest BCUT2D eigenvalue weighted by Gasteiger charge is 2.30. The summed E-state index contributed by atoms with van der Waals surface area (Å²) < 4.78 is 5.30. The van der Waals surface area contributed by atoms with Gasteiger partial charge in [-0.15, -0.1) is 0 Å². The van der Waals surface area contributed by atoms with Crippen molar-refractivity contribution in [1.82, 2.24) is 4.57 Å². The van der Waals surface area contributed by atoms with Crippen LogP contribution in [0.25, 0.3) is 11.3 Å². The Hall–Kier alpha value is -1.14. The van der Waals surface area contributed by atoms with E-state index in [9.17, 15) is 4.79 Å². The largest absolute Gasteiger partial charge is 1.00 e. The number of carbonyl (C=O) groups excluding carboxylic acids is 1. The van der Waals surface area contributed by atoms with E-state index in [1.54, 1.807) is 0 Å². The van der Waals surface area contributed by atoms with Crippen molar-refractivity contribution in [1.29, 1.82) is 0 Å². The Bertz CT molecular complexity index is 1000. The molecule has 7 heteroatoms. The SMILES string of the molecule is O=C(C[n+]1cc(-c2ccc(Cl)c(Cl)c2)n2c1CCC2)c1ccc(Br)cc1.[Br-]. The Labute approximate surface area is 186 Å². The van der Waals surface area contributed by atoms with Crippen LogP contribution in [0.2, 0.25) is 10.0 Å². The smallest absolute Gasteiger partial charge is 0.257 e. The fourth-order valence-electron chi connectivity index (χ4n) is 3.41. The third kappa shape index (κ3) is 4.16. The third-order valence-corrected chi connectivity index (χ3v) is 5.96. The van der Waals surface area contributed by atoms with E-state index in [1.165, 1.54) is 5.82 Å². The number of Topliss-reactive ketones (excluding diaryl/α,β-unsaturated/α-hetero) is 1.